The van der Waals surface area contributed by atoms with E-state index in [1.807, 2.05) is 30.3 Å². The first-order chi connectivity index (χ1) is 10.3. The highest BCUT2D eigenvalue weighted by Crippen LogP contribution is 2.23. The molecule has 2 aromatic heterocycles. The van der Waals surface area contributed by atoms with Gasteiger partial charge in [0.15, 0.2) is 0 Å². The van der Waals surface area contributed by atoms with E-state index < -0.39 is 0 Å². The van der Waals surface area contributed by atoms with Gasteiger partial charge in [-0.2, -0.15) is 10.5 Å². The minimum absolute atomic E-state index is 0.219. The molecule has 0 spiro atoms. The predicted octanol–water partition coefficient (Wildman–Crippen LogP) is 2.38. The Bertz CT molecular complexity index is 849. The van der Waals surface area contributed by atoms with Crippen LogP contribution in [0.3, 0.4) is 0 Å². The van der Waals surface area contributed by atoms with E-state index in [0.29, 0.717) is 10.7 Å². The number of nitriles is 1. The number of pyridine rings is 1. The fourth-order valence-electron chi connectivity index (χ4n) is 1.81. The lowest BCUT2D eigenvalue weighted by Crippen LogP contribution is -1.95. The number of nitrogens with one attached hydrogen (secondary N) is 2. The summed E-state index contributed by atoms with van der Waals surface area (Å²) < 4.78 is 0. The van der Waals surface area contributed by atoms with Gasteiger partial charge >= 0.3 is 0 Å². The van der Waals surface area contributed by atoms with Crippen LogP contribution in [0, 0.1) is 11.3 Å². The smallest absolute Gasteiger partial charge is 0.216 e. The SMILES string of the molecule is N#CC(=CNc1cccc2ccc(Cl)nc12)c1nn[nH]n1. The van der Waals surface area contributed by atoms with Gasteiger partial charge in [0.1, 0.15) is 16.8 Å². The largest absolute Gasteiger partial charge is 0.359 e. The van der Waals surface area contributed by atoms with E-state index in [4.69, 9.17) is 16.9 Å². The number of anilines is 1. The summed E-state index contributed by atoms with van der Waals surface area (Å²) in [5.74, 6) is 0.219. The number of H-pyrrole nitrogens is 1. The summed E-state index contributed by atoms with van der Waals surface area (Å²) >= 11 is 5.92. The Hall–Kier alpha value is -2.98. The summed E-state index contributed by atoms with van der Waals surface area (Å²) in [7, 11) is 0. The van der Waals surface area contributed by atoms with E-state index in [9.17, 15) is 0 Å². The number of hydrogen-bond donors (Lipinski definition) is 2. The second-order valence-electron chi connectivity index (χ2n) is 4.06. The third-order valence-corrected chi connectivity index (χ3v) is 2.98. The van der Waals surface area contributed by atoms with Crippen molar-refractivity contribution in [2.45, 2.75) is 0 Å². The summed E-state index contributed by atoms with van der Waals surface area (Å²) in [5.41, 5.74) is 1.70. The van der Waals surface area contributed by atoms with E-state index >= 15 is 0 Å². The molecule has 0 bridgehead atoms. The topological polar surface area (TPSA) is 103 Å². The quantitative estimate of drug-likeness (QED) is 0.568. The molecule has 3 rings (SSSR count). The summed E-state index contributed by atoms with van der Waals surface area (Å²) in [6.07, 6.45) is 1.50. The molecule has 0 saturated heterocycles. The molecule has 2 N–H and O–H groups in total. The number of rotatable bonds is 3. The summed E-state index contributed by atoms with van der Waals surface area (Å²) in [6.45, 7) is 0. The van der Waals surface area contributed by atoms with Crippen LogP contribution in [0.25, 0.3) is 16.5 Å². The van der Waals surface area contributed by atoms with Crippen LogP contribution in [-0.4, -0.2) is 25.6 Å². The molecule has 0 amide bonds. The Morgan fingerprint density at radius 1 is 1.33 bits per heavy atom. The molecule has 0 aliphatic heterocycles. The van der Waals surface area contributed by atoms with Crippen LogP contribution in [0.15, 0.2) is 36.5 Å². The van der Waals surface area contributed by atoms with Crippen LogP contribution in [0.2, 0.25) is 5.15 Å². The maximum absolute atomic E-state index is 9.12. The van der Waals surface area contributed by atoms with Gasteiger partial charge < -0.3 is 5.32 Å². The zero-order valence-corrected chi connectivity index (χ0v) is 11.3. The molecule has 0 unspecified atom stereocenters. The fourth-order valence-corrected chi connectivity index (χ4v) is 1.96. The lowest BCUT2D eigenvalue weighted by Gasteiger charge is -2.05. The monoisotopic (exact) mass is 297 g/mol. The first-order valence-electron chi connectivity index (χ1n) is 5.94. The van der Waals surface area contributed by atoms with Crippen molar-refractivity contribution in [1.29, 1.82) is 5.26 Å². The van der Waals surface area contributed by atoms with Crippen molar-refractivity contribution in [1.82, 2.24) is 25.6 Å². The molecule has 3 aromatic rings. The molecular formula is C13H8ClN7. The van der Waals surface area contributed by atoms with Gasteiger partial charge in [-0.15, -0.1) is 10.2 Å². The summed E-state index contributed by atoms with van der Waals surface area (Å²) in [5, 5.41) is 26.7. The van der Waals surface area contributed by atoms with Gasteiger partial charge in [0.25, 0.3) is 0 Å². The predicted molar refractivity (Wildman–Crippen MR) is 78.1 cm³/mol. The molecule has 21 heavy (non-hydrogen) atoms. The van der Waals surface area contributed by atoms with E-state index in [1.54, 1.807) is 6.07 Å². The highest BCUT2D eigenvalue weighted by atomic mass is 35.5. The lowest BCUT2D eigenvalue weighted by atomic mass is 10.2. The van der Waals surface area contributed by atoms with E-state index in [-0.39, 0.29) is 11.4 Å². The Morgan fingerprint density at radius 3 is 3.00 bits per heavy atom. The highest BCUT2D eigenvalue weighted by molar-refractivity contribution is 6.29. The number of aromatic amines is 1. The number of allylic oxidation sites excluding steroid dienone is 1. The zero-order valence-electron chi connectivity index (χ0n) is 10.6. The third kappa shape index (κ3) is 2.66. The molecular weight excluding hydrogens is 290 g/mol. The Kier molecular flexibility index (Phi) is 3.45. The van der Waals surface area contributed by atoms with Crippen molar-refractivity contribution in [3.05, 3.63) is 47.5 Å². The maximum Gasteiger partial charge on any atom is 0.216 e. The van der Waals surface area contributed by atoms with Gasteiger partial charge in [0.2, 0.25) is 5.82 Å². The van der Waals surface area contributed by atoms with Gasteiger partial charge in [0.05, 0.1) is 11.2 Å². The number of benzene rings is 1. The van der Waals surface area contributed by atoms with Crippen molar-refractivity contribution in [3.8, 4) is 6.07 Å². The maximum atomic E-state index is 9.12. The van der Waals surface area contributed by atoms with E-state index in [0.717, 1.165) is 11.1 Å². The van der Waals surface area contributed by atoms with Gasteiger partial charge in [0, 0.05) is 11.6 Å². The molecule has 0 radical (unpaired) electrons. The van der Waals surface area contributed by atoms with E-state index in [1.165, 1.54) is 6.20 Å². The van der Waals surface area contributed by atoms with Gasteiger partial charge in [-0.1, -0.05) is 23.7 Å². The van der Waals surface area contributed by atoms with Crippen LogP contribution in [0.5, 0.6) is 0 Å². The molecule has 2 heterocycles. The number of para-hydroxylation sites is 1. The Morgan fingerprint density at radius 2 is 2.24 bits per heavy atom. The average molecular weight is 298 g/mol. The number of halogens is 1. The van der Waals surface area contributed by atoms with Gasteiger partial charge in [-0.3, -0.25) is 0 Å². The van der Waals surface area contributed by atoms with Crippen molar-refractivity contribution >= 4 is 33.8 Å². The van der Waals surface area contributed by atoms with Crippen molar-refractivity contribution in [2.75, 3.05) is 5.32 Å². The van der Waals surface area contributed by atoms with E-state index in [2.05, 4.69) is 30.9 Å². The molecule has 0 atom stereocenters. The van der Waals surface area contributed by atoms with Crippen molar-refractivity contribution in [3.63, 3.8) is 0 Å². The standard InChI is InChI=1S/C13H8ClN7/c14-11-5-4-8-2-1-3-10(12(8)17-11)16-7-9(6-15)13-18-20-21-19-13/h1-5,7,16H,(H,18,19,20,21). The zero-order chi connectivity index (χ0) is 14.7. The van der Waals surface area contributed by atoms with Crippen LogP contribution < -0.4 is 5.32 Å². The van der Waals surface area contributed by atoms with Crippen LogP contribution in [0.1, 0.15) is 5.82 Å². The van der Waals surface area contributed by atoms with Gasteiger partial charge in [-0.25, -0.2) is 4.98 Å². The van der Waals surface area contributed by atoms with Crippen molar-refractivity contribution in [2.24, 2.45) is 0 Å². The van der Waals surface area contributed by atoms with Gasteiger partial charge in [-0.05, 0) is 23.4 Å². The summed E-state index contributed by atoms with van der Waals surface area (Å²) in [6, 6.07) is 11.3. The lowest BCUT2D eigenvalue weighted by molar-refractivity contribution is 0.881. The molecule has 102 valence electrons. The van der Waals surface area contributed by atoms with Crippen LogP contribution in [0.4, 0.5) is 5.69 Å². The third-order valence-electron chi connectivity index (χ3n) is 2.76. The molecule has 7 nitrogen and oxygen atoms in total. The second kappa shape index (κ2) is 5.56. The Labute approximate surface area is 124 Å². The fraction of sp³-hybridized carbons (Fsp3) is 0. The number of aromatic nitrogens is 5. The molecule has 8 heteroatoms. The second-order valence-corrected chi connectivity index (χ2v) is 4.45. The summed E-state index contributed by atoms with van der Waals surface area (Å²) in [4.78, 5) is 4.28. The Balaban J connectivity index is 1.99. The highest BCUT2D eigenvalue weighted by Gasteiger charge is 2.07. The molecule has 1 aromatic carbocycles. The van der Waals surface area contributed by atoms with Crippen molar-refractivity contribution < 1.29 is 0 Å². The molecule has 0 aliphatic carbocycles. The first-order valence-corrected chi connectivity index (χ1v) is 6.31. The average Bonchev–Trinajstić information content (AvgIpc) is 3.02. The van der Waals surface area contributed by atoms with Crippen LogP contribution >= 0.6 is 11.6 Å². The number of fused-ring (bicyclic) bond motifs is 1. The number of hydrogen-bond acceptors (Lipinski definition) is 6. The first kappa shape index (κ1) is 13.0. The minimum Gasteiger partial charge on any atom is -0.359 e. The minimum atomic E-state index is 0.219. The number of tetrazole rings is 1. The number of nitrogens with zero attached hydrogens (tertiary/aromatic N) is 5. The normalized spacial score (nSPS) is 11.3. The molecule has 0 fully saturated rings. The van der Waals surface area contributed by atoms with Crippen LogP contribution in [-0.2, 0) is 0 Å². The molecule has 0 saturated carbocycles. The molecule has 0 aliphatic rings.